The molecule has 1 aromatic heterocycles. The van der Waals surface area contributed by atoms with Crippen LogP contribution < -0.4 is 0 Å². The summed E-state index contributed by atoms with van der Waals surface area (Å²) in [5.41, 5.74) is 5.09. The molecule has 0 aliphatic carbocycles. The molecule has 1 heterocycles. The van der Waals surface area contributed by atoms with E-state index in [1.807, 2.05) is 12.3 Å². The van der Waals surface area contributed by atoms with Gasteiger partial charge < -0.3 is 4.98 Å². The van der Waals surface area contributed by atoms with E-state index in [4.69, 9.17) is 0 Å². The van der Waals surface area contributed by atoms with Gasteiger partial charge in [0.15, 0.2) is 0 Å². The maximum Gasteiger partial charge on any atom is 0.0489 e. The molecule has 0 unspecified atom stereocenters. The van der Waals surface area contributed by atoms with Crippen LogP contribution in [0.25, 0.3) is 11.3 Å². The summed E-state index contributed by atoms with van der Waals surface area (Å²) in [7, 11) is 0. The molecule has 0 amide bonds. The van der Waals surface area contributed by atoms with Gasteiger partial charge in [0.2, 0.25) is 0 Å². The predicted octanol–water partition coefficient (Wildman–Crippen LogP) is 5.04. The van der Waals surface area contributed by atoms with Crippen LogP contribution in [-0.2, 0) is 6.42 Å². The highest BCUT2D eigenvalue weighted by molar-refractivity contribution is 9.10. The lowest BCUT2D eigenvalue weighted by Crippen LogP contribution is -1.89. The smallest absolute Gasteiger partial charge is 0.0489 e. The molecule has 0 aliphatic heterocycles. The zero-order chi connectivity index (χ0) is 13.1. The fraction of sp³-hybridized carbons (Fsp3) is 0.0588. The minimum absolute atomic E-state index is 0.945. The zero-order valence-electron chi connectivity index (χ0n) is 10.4. The first-order valence-corrected chi connectivity index (χ1v) is 7.08. The van der Waals surface area contributed by atoms with Crippen LogP contribution in [0.15, 0.2) is 71.3 Å². The molecule has 0 atom stereocenters. The first-order valence-electron chi connectivity index (χ1n) is 6.29. The Labute approximate surface area is 121 Å². The molecule has 0 aliphatic rings. The average molecular weight is 312 g/mol. The number of nitrogens with one attached hydrogen (secondary N) is 1. The van der Waals surface area contributed by atoms with Gasteiger partial charge in [-0.05, 0) is 41.3 Å². The van der Waals surface area contributed by atoms with E-state index in [-0.39, 0.29) is 0 Å². The molecule has 0 fully saturated rings. The monoisotopic (exact) mass is 311 g/mol. The van der Waals surface area contributed by atoms with Gasteiger partial charge in [-0.2, -0.15) is 0 Å². The molecular formula is C17H14BrN. The van der Waals surface area contributed by atoms with Gasteiger partial charge in [0.25, 0.3) is 0 Å². The van der Waals surface area contributed by atoms with E-state index >= 15 is 0 Å². The molecule has 0 spiro atoms. The van der Waals surface area contributed by atoms with Gasteiger partial charge in [-0.15, -0.1) is 0 Å². The lowest BCUT2D eigenvalue weighted by atomic mass is 10.0. The van der Waals surface area contributed by atoms with Crippen LogP contribution in [0.5, 0.6) is 0 Å². The van der Waals surface area contributed by atoms with Gasteiger partial charge in [0.1, 0.15) is 0 Å². The molecule has 1 N–H and O–H groups in total. The maximum atomic E-state index is 3.47. The van der Waals surface area contributed by atoms with E-state index < -0.39 is 0 Å². The second kappa shape index (κ2) is 5.45. The summed E-state index contributed by atoms with van der Waals surface area (Å²) in [5, 5.41) is 0. The Balaban J connectivity index is 1.91. The summed E-state index contributed by atoms with van der Waals surface area (Å²) < 4.78 is 1.12. The lowest BCUT2D eigenvalue weighted by Gasteiger charge is -2.05. The first-order chi connectivity index (χ1) is 9.33. The van der Waals surface area contributed by atoms with Crippen molar-refractivity contribution in [2.24, 2.45) is 0 Å². The predicted molar refractivity (Wildman–Crippen MR) is 83.2 cm³/mol. The number of benzene rings is 2. The van der Waals surface area contributed by atoms with E-state index in [1.165, 1.54) is 22.4 Å². The Kier molecular flexibility index (Phi) is 3.51. The summed E-state index contributed by atoms with van der Waals surface area (Å²) in [6.45, 7) is 0. The Morgan fingerprint density at radius 1 is 0.842 bits per heavy atom. The molecule has 3 rings (SSSR count). The minimum atomic E-state index is 0.945. The fourth-order valence-electron chi connectivity index (χ4n) is 2.24. The van der Waals surface area contributed by atoms with Crippen molar-refractivity contribution in [1.29, 1.82) is 0 Å². The van der Waals surface area contributed by atoms with Crippen LogP contribution in [0.4, 0.5) is 0 Å². The van der Waals surface area contributed by atoms with Gasteiger partial charge in [-0.3, -0.25) is 0 Å². The summed E-state index contributed by atoms with van der Waals surface area (Å²) in [6.07, 6.45) is 2.96. The van der Waals surface area contributed by atoms with Gasteiger partial charge in [0.05, 0.1) is 0 Å². The maximum absolute atomic E-state index is 3.47. The van der Waals surface area contributed by atoms with Crippen molar-refractivity contribution >= 4 is 15.9 Å². The fourth-order valence-corrected chi connectivity index (χ4v) is 2.51. The summed E-state index contributed by atoms with van der Waals surface area (Å²) >= 11 is 3.47. The summed E-state index contributed by atoms with van der Waals surface area (Å²) in [5.74, 6) is 0. The van der Waals surface area contributed by atoms with Crippen molar-refractivity contribution in [3.05, 3.63) is 82.5 Å². The molecule has 3 aromatic rings. The van der Waals surface area contributed by atoms with Crippen molar-refractivity contribution in [2.75, 3.05) is 0 Å². The number of hydrogen-bond donors (Lipinski definition) is 1. The third kappa shape index (κ3) is 2.79. The van der Waals surface area contributed by atoms with E-state index in [9.17, 15) is 0 Å². The molecule has 94 valence electrons. The van der Waals surface area contributed by atoms with Crippen LogP contribution in [-0.4, -0.2) is 4.98 Å². The standard InChI is InChI=1S/C17H14BrN/c18-16-8-6-13(7-9-16)12-15-10-11-19-17(15)14-4-2-1-3-5-14/h1-11,19H,12H2. The quantitative estimate of drug-likeness (QED) is 0.698. The van der Waals surface area contributed by atoms with Gasteiger partial charge in [-0.1, -0.05) is 58.4 Å². The van der Waals surface area contributed by atoms with Crippen molar-refractivity contribution in [2.45, 2.75) is 6.42 Å². The summed E-state index contributed by atoms with van der Waals surface area (Å²) in [4.78, 5) is 3.34. The molecular weight excluding hydrogens is 298 g/mol. The zero-order valence-corrected chi connectivity index (χ0v) is 12.0. The van der Waals surface area contributed by atoms with E-state index in [0.29, 0.717) is 0 Å². The number of hydrogen-bond acceptors (Lipinski definition) is 0. The third-order valence-electron chi connectivity index (χ3n) is 3.20. The molecule has 2 heteroatoms. The molecule has 0 radical (unpaired) electrons. The number of aromatic amines is 1. The minimum Gasteiger partial charge on any atom is -0.361 e. The molecule has 1 nitrogen and oxygen atoms in total. The van der Waals surface area contributed by atoms with Crippen molar-refractivity contribution < 1.29 is 0 Å². The van der Waals surface area contributed by atoms with E-state index in [1.54, 1.807) is 0 Å². The summed E-state index contributed by atoms with van der Waals surface area (Å²) in [6, 6.07) is 21.1. The number of halogens is 1. The van der Waals surface area contributed by atoms with Crippen LogP contribution >= 0.6 is 15.9 Å². The van der Waals surface area contributed by atoms with Gasteiger partial charge >= 0.3 is 0 Å². The van der Waals surface area contributed by atoms with Crippen molar-refractivity contribution in [1.82, 2.24) is 4.98 Å². The Morgan fingerprint density at radius 2 is 1.58 bits per heavy atom. The molecule has 0 saturated heterocycles. The normalized spacial score (nSPS) is 10.6. The van der Waals surface area contributed by atoms with Crippen molar-refractivity contribution in [3.63, 3.8) is 0 Å². The van der Waals surface area contributed by atoms with Crippen LogP contribution in [0, 0.1) is 0 Å². The number of rotatable bonds is 3. The van der Waals surface area contributed by atoms with E-state index in [2.05, 4.69) is 75.5 Å². The Morgan fingerprint density at radius 3 is 2.32 bits per heavy atom. The van der Waals surface area contributed by atoms with Crippen LogP contribution in [0.2, 0.25) is 0 Å². The first kappa shape index (κ1) is 12.2. The molecule has 0 saturated carbocycles. The van der Waals surface area contributed by atoms with Gasteiger partial charge in [0, 0.05) is 16.4 Å². The van der Waals surface area contributed by atoms with Crippen LogP contribution in [0.3, 0.4) is 0 Å². The number of H-pyrrole nitrogens is 1. The largest absolute Gasteiger partial charge is 0.361 e. The topological polar surface area (TPSA) is 15.8 Å². The molecule has 19 heavy (non-hydrogen) atoms. The van der Waals surface area contributed by atoms with Crippen LogP contribution in [0.1, 0.15) is 11.1 Å². The molecule has 2 aromatic carbocycles. The van der Waals surface area contributed by atoms with Gasteiger partial charge in [-0.25, -0.2) is 0 Å². The highest BCUT2D eigenvalue weighted by Crippen LogP contribution is 2.24. The third-order valence-corrected chi connectivity index (χ3v) is 3.73. The Hall–Kier alpha value is -1.80. The lowest BCUT2D eigenvalue weighted by molar-refractivity contribution is 1.20. The highest BCUT2D eigenvalue weighted by atomic mass is 79.9. The molecule has 0 bridgehead atoms. The SMILES string of the molecule is Brc1ccc(Cc2cc[nH]c2-c2ccccc2)cc1. The number of aromatic nitrogens is 1. The second-order valence-electron chi connectivity index (χ2n) is 4.55. The second-order valence-corrected chi connectivity index (χ2v) is 5.46. The highest BCUT2D eigenvalue weighted by Gasteiger charge is 2.06. The van der Waals surface area contributed by atoms with E-state index in [0.717, 1.165) is 10.9 Å². The average Bonchev–Trinajstić information content (AvgIpc) is 2.90. The van der Waals surface area contributed by atoms with Crippen molar-refractivity contribution in [3.8, 4) is 11.3 Å². The Bertz CT molecular complexity index is 653.